The fourth-order valence-corrected chi connectivity index (χ4v) is 3.77. The highest BCUT2D eigenvalue weighted by Crippen LogP contribution is 2.37. The molecule has 1 amide bonds. The van der Waals surface area contributed by atoms with E-state index >= 15 is 0 Å². The highest BCUT2D eigenvalue weighted by Gasteiger charge is 2.32. The molecule has 5 N–H and O–H groups in total. The number of aliphatic hydroxyl groups excluding tert-OH is 2. The van der Waals surface area contributed by atoms with Gasteiger partial charge in [-0.25, -0.2) is 9.37 Å². The summed E-state index contributed by atoms with van der Waals surface area (Å²) in [7, 11) is 0. The normalized spacial score (nSPS) is 14.2. The third kappa shape index (κ3) is 4.36. The second kappa shape index (κ2) is 9.10. The van der Waals surface area contributed by atoms with E-state index in [0.717, 1.165) is 11.3 Å². The smallest absolute Gasteiger partial charge is 0.258 e. The third-order valence-electron chi connectivity index (χ3n) is 5.49. The van der Waals surface area contributed by atoms with Crippen LogP contribution in [0, 0.1) is 19.7 Å². The van der Waals surface area contributed by atoms with Crippen molar-refractivity contribution in [2.45, 2.75) is 26.2 Å². The van der Waals surface area contributed by atoms with Crippen LogP contribution >= 0.6 is 0 Å². The van der Waals surface area contributed by atoms with Crippen molar-refractivity contribution in [2.75, 3.05) is 23.5 Å². The Labute approximate surface area is 189 Å². The minimum Gasteiger partial charge on any atom is -0.394 e. The van der Waals surface area contributed by atoms with Gasteiger partial charge in [0.05, 0.1) is 19.0 Å². The van der Waals surface area contributed by atoms with Gasteiger partial charge in [0.2, 0.25) is 5.95 Å². The van der Waals surface area contributed by atoms with Gasteiger partial charge in [-0.2, -0.15) is 4.98 Å². The van der Waals surface area contributed by atoms with Gasteiger partial charge in [-0.1, -0.05) is 18.2 Å². The van der Waals surface area contributed by atoms with E-state index in [1.165, 1.54) is 18.2 Å². The number of nitrogens with zero attached hydrogens (tertiary/aromatic N) is 3. The van der Waals surface area contributed by atoms with Crippen molar-refractivity contribution >= 4 is 23.4 Å². The fourth-order valence-electron chi connectivity index (χ4n) is 3.77. The summed E-state index contributed by atoms with van der Waals surface area (Å²) < 4.78 is 13.8. The molecule has 0 bridgehead atoms. The number of anilines is 3. The molecule has 2 aromatic carbocycles. The van der Waals surface area contributed by atoms with Crippen molar-refractivity contribution in [3.05, 3.63) is 65.0 Å². The van der Waals surface area contributed by atoms with Crippen molar-refractivity contribution in [1.82, 2.24) is 15.3 Å². The molecule has 2 heterocycles. The zero-order valence-electron chi connectivity index (χ0n) is 18.1. The topological polar surface area (TPSA) is 131 Å². The first-order valence-corrected chi connectivity index (χ1v) is 10.3. The first-order valence-electron chi connectivity index (χ1n) is 10.3. The van der Waals surface area contributed by atoms with Crippen molar-refractivity contribution < 1.29 is 24.5 Å². The van der Waals surface area contributed by atoms with Crippen LogP contribution in [0.1, 0.15) is 21.5 Å². The Morgan fingerprint density at radius 1 is 1.15 bits per heavy atom. The Hall–Kier alpha value is -3.60. The fraction of sp³-hybridized carbons (Fsp3) is 0.261. The zero-order chi connectivity index (χ0) is 23.7. The average Bonchev–Trinajstić information content (AvgIpc) is 2.78. The largest absolute Gasteiger partial charge is 0.394 e. The Morgan fingerprint density at radius 3 is 2.58 bits per heavy atom. The van der Waals surface area contributed by atoms with Crippen molar-refractivity contribution in [3.63, 3.8) is 0 Å². The van der Waals surface area contributed by atoms with Crippen LogP contribution in [0.3, 0.4) is 0 Å². The summed E-state index contributed by atoms with van der Waals surface area (Å²) in [5.41, 5.74) is 3.29. The lowest BCUT2D eigenvalue weighted by molar-refractivity contribution is -0.0628. The minimum atomic E-state index is -1.87. The summed E-state index contributed by atoms with van der Waals surface area (Å²) in [4.78, 5) is 23.7. The van der Waals surface area contributed by atoms with Crippen LogP contribution < -0.4 is 15.5 Å². The molecule has 1 atom stereocenters. The van der Waals surface area contributed by atoms with Crippen LogP contribution in [-0.2, 0) is 0 Å². The van der Waals surface area contributed by atoms with Crippen LogP contribution in [0.2, 0.25) is 0 Å². The number of nitrogens with one attached hydrogen (secondary N) is 2. The van der Waals surface area contributed by atoms with Crippen LogP contribution in [0.5, 0.6) is 0 Å². The average molecular weight is 453 g/mol. The molecule has 0 radical (unpaired) electrons. The lowest BCUT2D eigenvalue weighted by Crippen LogP contribution is -2.43. The standard InChI is InChI=1S/C23H24FN5O4/c1-12-5-3-4-6-17(12)29-11-25-21(31)18-19(15-8-7-14(24)9-13(15)2)27-23(28-20(18)29)26-16(10-30)22(32)33/h3-9,16,22,30,32-33H,10-11H2,1-2H3,(H,25,31)(H,26,27,28). The molecule has 33 heavy (non-hydrogen) atoms. The summed E-state index contributed by atoms with van der Waals surface area (Å²) in [6, 6.07) is 10.6. The number of aryl methyl sites for hydroxylation is 2. The van der Waals surface area contributed by atoms with Crippen molar-refractivity contribution in [1.29, 1.82) is 0 Å². The number of rotatable bonds is 6. The van der Waals surface area contributed by atoms with Crippen molar-refractivity contribution in [2.24, 2.45) is 0 Å². The van der Waals surface area contributed by atoms with Gasteiger partial charge in [-0.3, -0.25) is 4.79 Å². The molecule has 1 unspecified atom stereocenters. The molecule has 1 aliphatic heterocycles. The van der Waals surface area contributed by atoms with Gasteiger partial charge in [-0.05, 0) is 49.2 Å². The van der Waals surface area contributed by atoms with E-state index in [1.807, 2.05) is 36.1 Å². The maximum Gasteiger partial charge on any atom is 0.258 e. The monoisotopic (exact) mass is 453 g/mol. The molecule has 1 aliphatic rings. The Morgan fingerprint density at radius 2 is 1.91 bits per heavy atom. The Balaban J connectivity index is 1.96. The van der Waals surface area contributed by atoms with E-state index in [4.69, 9.17) is 0 Å². The van der Waals surface area contributed by atoms with E-state index in [9.17, 15) is 24.5 Å². The summed E-state index contributed by atoms with van der Waals surface area (Å²) in [5.74, 6) is -0.533. The summed E-state index contributed by atoms with van der Waals surface area (Å²) in [6.07, 6.45) is -1.87. The number of para-hydroxylation sites is 1. The van der Waals surface area contributed by atoms with Gasteiger partial charge in [0.1, 0.15) is 17.4 Å². The second-order valence-corrected chi connectivity index (χ2v) is 7.78. The van der Waals surface area contributed by atoms with Gasteiger partial charge < -0.3 is 30.9 Å². The van der Waals surface area contributed by atoms with Gasteiger partial charge >= 0.3 is 0 Å². The number of carbonyl (C=O) groups is 1. The second-order valence-electron chi connectivity index (χ2n) is 7.78. The van der Waals surface area contributed by atoms with Gasteiger partial charge in [0.25, 0.3) is 5.91 Å². The summed E-state index contributed by atoms with van der Waals surface area (Å²) in [5, 5.41) is 34.1. The predicted octanol–water partition coefficient (Wildman–Crippen LogP) is 1.82. The zero-order valence-corrected chi connectivity index (χ0v) is 18.1. The minimum absolute atomic E-state index is 0.0205. The highest BCUT2D eigenvalue weighted by atomic mass is 19.1. The number of halogens is 1. The maximum absolute atomic E-state index is 13.8. The number of hydrogen-bond acceptors (Lipinski definition) is 8. The van der Waals surface area contributed by atoms with Crippen LogP contribution in [0.15, 0.2) is 42.5 Å². The van der Waals surface area contributed by atoms with Gasteiger partial charge in [-0.15, -0.1) is 0 Å². The molecule has 10 heteroatoms. The first kappa shape index (κ1) is 22.6. The number of benzene rings is 2. The molecule has 1 aromatic heterocycles. The number of hydrogen-bond donors (Lipinski definition) is 5. The first-order chi connectivity index (χ1) is 15.8. The molecular formula is C23H24FN5O4. The summed E-state index contributed by atoms with van der Waals surface area (Å²) >= 11 is 0. The molecule has 0 spiro atoms. The lowest BCUT2D eigenvalue weighted by atomic mass is 9.99. The van der Waals surface area contributed by atoms with E-state index in [2.05, 4.69) is 20.6 Å². The molecule has 0 aliphatic carbocycles. The van der Waals surface area contributed by atoms with E-state index in [1.54, 1.807) is 6.92 Å². The molecule has 172 valence electrons. The van der Waals surface area contributed by atoms with Crippen LogP contribution in [-0.4, -0.2) is 56.8 Å². The SMILES string of the molecule is Cc1cc(F)ccc1-c1nc(NC(CO)C(O)O)nc2c1C(=O)NCN2c1ccccc1C. The lowest BCUT2D eigenvalue weighted by Gasteiger charge is -2.32. The van der Waals surface area contributed by atoms with Crippen molar-refractivity contribution in [3.8, 4) is 11.3 Å². The van der Waals surface area contributed by atoms with Crippen LogP contribution in [0.4, 0.5) is 21.8 Å². The molecule has 4 rings (SSSR count). The predicted molar refractivity (Wildman–Crippen MR) is 121 cm³/mol. The Kier molecular flexibility index (Phi) is 6.23. The molecular weight excluding hydrogens is 429 g/mol. The number of carbonyl (C=O) groups excluding carboxylic acids is 1. The van der Waals surface area contributed by atoms with E-state index in [-0.39, 0.29) is 29.8 Å². The van der Waals surface area contributed by atoms with Gasteiger partial charge in [0.15, 0.2) is 12.1 Å². The van der Waals surface area contributed by atoms with Crippen LogP contribution in [0.25, 0.3) is 11.3 Å². The number of aliphatic hydroxyl groups is 3. The quantitative estimate of drug-likeness (QED) is 0.357. The molecule has 9 nitrogen and oxygen atoms in total. The Bertz CT molecular complexity index is 1200. The summed E-state index contributed by atoms with van der Waals surface area (Å²) in [6.45, 7) is 3.20. The molecule has 3 aromatic rings. The number of amides is 1. The number of fused-ring (bicyclic) bond motifs is 1. The van der Waals surface area contributed by atoms with E-state index < -0.39 is 24.8 Å². The van der Waals surface area contributed by atoms with Gasteiger partial charge in [0, 0.05) is 11.3 Å². The number of aromatic nitrogens is 2. The molecule has 0 saturated heterocycles. The maximum atomic E-state index is 13.8. The van der Waals surface area contributed by atoms with E-state index in [0.29, 0.717) is 16.9 Å². The highest BCUT2D eigenvalue weighted by molar-refractivity contribution is 6.07. The molecule has 0 saturated carbocycles. The molecule has 0 fully saturated rings. The third-order valence-corrected chi connectivity index (χ3v) is 5.49.